The summed E-state index contributed by atoms with van der Waals surface area (Å²) < 4.78 is 16.4. The molecule has 0 saturated carbocycles. The number of ether oxygens (including phenoxy) is 3. The molecule has 8 heteroatoms. The fraction of sp³-hybridized carbons (Fsp3) is 0.176. The zero-order valence-corrected chi connectivity index (χ0v) is 13.6. The molecule has 3 rings (SSSR count). The molecule has 0 fully saturated rings. The minimum atomic E-state index is -0.652. The third kappa shape index (κ3) is 3.27. The van der Waals surface area contributed by atoms with Crippen LogP contribution in [0.2, 0.25) is 0 Å². The van der Waals surface area contributed by atoms with Crippen LogP contribution in [-0.4, -0.2) is 35.2 Å². The van der Waals surface area contributed by atoms with Crippen LogP contribution in [0.5, 0.6) is 11.5 Å². The van der Waals surface area contributed by atoms with Crippen molar-refractivity contribution in [3.05, 3.63) is 58.4 Å². The summed E-state index contributed by atoms with van der Waals surface area (Å²) in [6.45, 7) is -0.356. The molecule has 0 N–H and O–H groups in total. The van der Waals surface area contributed by atoms with E-state index in [-0.39, 0.29) is 17.9 Å². The van der Waals surface area contributed by atoms with Crippen LogP contribution in [0.4, 0.5) is 0 Å². The molecule has 0 spiro atoms. The molecule has 25 heavy (non-hydrogen) atoms. The molecule has 0 unspecified atom stereocenters. The molecule has 2 aromatic carbocycles. The van der Waals surface area contributed by atoms with Crippen LogP contribution >= 0.6 is 0 Å². The van der Waals surface area contributed by atoms with Crippen LogP contribution in [0.1, 0.15) is 10.4 Å². The SMILES string of the molecule is COc1ccc(C(=O)OCn2nnc3ccccc3c2=O)c(OC)c1. The van der Waals surface area contributed by atoms with Gasteiger partial charge in [-0.3, -0.25) is 4.79 Å². The summed E-state index contributed by atoms with van der Waals surface area (Å²) in [5.74, 6) is 0.202. The Morgan fingerprint density at radius 1 is 1.12 bits per heavy atom. The van der Waals surface area contributed by atoms with E-state index in [1.807, 2.05) is 0 Å². The molecule has 1 heterocycles. The number of benzene rings is 2. The van der Waals surface area contributed by atoms with Crippen LogP contribution < -0.4 is 15.0 Å². The predicted molar refractivity (Wildman–Crippen MR) is 88.8 cm³/mol. The van der Waals surface area contributed by atoms with E-state index in [0.29, 0.717) is 22.4 Å². The molecule has 1 aromatic heterocycles. The lowest BCUT2D eigenvalue weighted by atomic mass is 10.2. The molecule has 3 aromatic rings. The van der Waals surface area contributed by atoms with Crippen molar-refractivity contribution in [1.29, 1.82) is 0 Å². The van der Waals surface area contributed by atoms with Gasteiger partial charge in [-0.1, -0.05) is 17.3 Å². The molecule has 0 bridgehead atoms. The highest BCUT2D eigenvalue weighted by Crippen LogP contribution is 2.25. The monoisotopic (exact) mass is 341 g/mol. The number of carbonyl (C=O) groups excluding carboxylic acids is 1. The summed E-state index contributed by atoms with van der Waals surface area (Å²) in [6.07, 6.45) is 0. The lowest BCUT2D eigenvalue weighted by Gasteiger charge is -2.10. The average molecular weight is 341 g/mol. The Labute approximate surface area is 142 Å². The number of rotatable bonds is 5. The molecule has 0 radical (unpaired) electrons. The van der Waals surface area contributed by atoms with Crippen LogP contribution in [0.25, 0.3) is 10.9 Å². The van der Waals surface area contributed by atoms with Gasteiger partial charge in [-0.2, -0.15) is 4.68 Å². The number of methoxy groups -OCH3 is 2. The van der Waals surface area contributed by atoms with E-state index in [0.717, 1.165) is 4.68 Å². The number of carbonyl (C=O) groups is 1. The number of fused-ring (bicyclic) bond motifs is 1. The van der Waals surface area contributed by atoms with E-state index in [9.17, 15) is 9.59 Å². The molecule has 128 valence electrons. The Kier molecular flexibility index (Phi) is 4.60. The normalized spacial score (nSPS) is 10.5. The van der Waals surface area contributed by atoms with Crippen molar-refractivity contribution in [3.8, 4) is 11.5 Å². The van der Waals surface area contributed by atoms with E-state index >= 15 is 0 Å². The number of aromatic nitrogens is 3. The first-order valence-corrected chi connectivity index (χ1v) is 7.35. The summed E-state index contributed by atoms with van der Waals surface area (Å²) >= 11 is 0. The standard InChI is InChI=1S/C17H15N3O5/c1-23-11-7-8-13(15(9-11)24-2)17(22)25-10-20-16(21)12-5-3-4-6-14(12)18-19-20/h3-9H,10H2,1-2H3. The highest BCUT2D eigenvalue weighted by molar-refractivity contribution is 5.92. The Bertz CT molecular complexity index is 983. The van der Waals surface area contributed by atoms with E-state index < -0.39 is 5.97 Å². The molecule has 0 aliphatic heterocycles. The maximum absolute atomic E-state index is 12.3. The minimum absolute atomic E-state index is 0.213. The van der Waals surface area contributed by atoms with Crippen molar-refractivity contribution < 1.29 is 19.0 Å². The van der Waals surface area contributed by atoms with E-state index in [2.05, 4.69) is 10.3 Å². The molecule has 0 aliphatic rings. The van der Waals surface area contributed by atoms with Crippen molar-refractivity contribution >= 4 is 16.9 Å². The largest absolute Gasteiger partial charge is 0.497 e. The average Bonchev–Trinajstić information content (AvgIpc) is 2.66. The third-order valence-corrected chi connectivity index (χ3v) is 3.58. The number of hydrogen-bond acceptors (Lipinski definition) is 7. The third-order valence-electron chi connectivity index (χ3n) is 3.58. The van der Waals surface area contributed by atoms with E-state index in [1.54, 1.807) is 36.4 Å². The Balaban J connectivity index is 1.81. The fourth-order valence-corrected chi connectivity index (χ4v) is 2.27. The summed E-state index contributed by atoms with van der Waals surface area (Å²) in [5.41, 5.74) is 0.303. The highest BCUT2D eigenvalue weighted by Gasteiger charge is 2.16. The first kappa shape index (κ1) is 16.4. The van der Waals surface area contributed by atoms with Crippen LogP contribution in [-0.2, 0) is 11.5 Å². The summed E-state index contributed by atoms with van der Waals surface area (Å²) in [6, 6.07) is 11.5. The van der Waals surface area contributed by atoms with E-state index in [4.69, 9.17) is 14.2 Å². The second-order valence-corrected chi connectivity index (χ2v) is 5.04. The Morgan fingerprint density at radius 2 is 1.92 bits per heavy atom. The maximum atomic E-state index is 12.3. The molecule has 0 amide bonds. The second kappa shape index (κ2) is 7.00. The van der Waals surface area contributed by atoms with Gasteiger partial charge in [0.15, 0.2) is 6.73 Å². The summed E-state index contributed by atoms with van der Waals surface area (Å²) in [4.78, 5) is 24.6. The van der Waals surface area contributed by atoms with Gasteiger partial charge in [0.1, 0.15) is 22.6 Å². The van der Waals surface area contributed by atoms with Gasteiger partial charge in [-0.05, 0) is 24.3 Å². The number of hydrogen-bond donors (Lipinski definition) is 0. The zero-order valence-electron chi connectivity index (χ0n) is 13.6. The predicted octanol–water partition coefficient (Wildman–Crippen LogP) is 1.62. The zero-order chi connectivity index (χ0) is 17.8. The van der Waals surface area contributed by atoms with Crippen molar-refractivity contribution in [1.82, 2.24) is 15.0 Å². The Morgan fingerprint density at radius 3 is 2.68 bits per heavy atom. The van der Waals surface area contributed by atoms with Crippen LogP contribution in [0, 0.1) is 0 Å². The van der Waals surface area contributed by atoms with Crippen molar-refractivity contribution in [2.24, 2.45) is 0 Å². The maximum Gasteiger partial charge on any atom is 0.343 e. The smallest absolute Gasteiger partial charge is 0.343 e. The van der Waals surface area contributed by atoms with Gasteiger partial charge in [0.25, 0.3) is 5.56 Å². The van der Waals surface area contributed by atoms with Gasteiger partial charge >= 0.3 is 5.97 Å². The molecule has 0 aliphatic carbocycles. The van der Waals surface area contributed by atoms with Crippen molar-refractivity contribution in [2.75, 3.05) is 14.2 Å². The summed E-state index contributed by atoms with van der Waals surface area (Å²) in [5, 5.41) is 8.10. The minimum Gasteiger partial charge on any atom is -0.497 e. The molecular weight excluding hydrogens is 326 g/mol. The summed E-state index contributed by atoms with van der Waals surface area (Å²) in [7, 11) is 2.95. The molecule has 0 saturated heterocycles. The fourth-order valence-electron chi connectivity index (χ4n) is 2.27. The van der Waals surface area contributed by atoms with E-state index in [1.165, 1.54) is 20.3 Å². The van der Waals surface area contributed by atoms with Crippen molar-refractivity contribution in [3.63, 3.8) is 0 Å². The van der Waals surface area contributed by atoms with Gasteiger partial charge in [-0.25, -0.2) is 4.79 Å². The lowest BCUT2D eigenvalue weighted by Crippen LogP contribution is -2.26. The van der Waals surface area contributed by atoms with Gasteiger partial charge in [-0.15, -0.1) is 5.10 Å². The first-order chi connectivity index (χ1) is 12.1. The Hall–Kier alpha value is -3.42. The van der Waals surface area contributed by atoms with Gasteiger partial charge in [0.05, 0.1) is 19.6 Å². The van der Waals surface area contributed by atoms with Crippen LogP contribution in [0.15, 0.2) is 47.3 Å². The topological polar surface area (TPSA) is 92.5 Å². The van der Waals surface area contributed by atoms with Crippen molar-refractivity contribution in [2.45, 2.75) is 6.73 Å². The highest BCUT2D eigenvalue weighted by atomic mass is 16.5. The van der Waals surface area contributed by atoms with Crippen LogP contribution in [0.3, 0.4) is 0 Å². The number of nitrogens with zero attached hydrogens (tertiary/aromatic N) is 3. The number of esters is 1. The first-order valence-electron chi connectivity index (χ1n) is 7.35. The lowest BCUT2D eigenvalue weighted by molar-refractivity contribution is 0.0332. The van der Waals surface area contributed by atoms with Gasteiger partial charge in [0.2, 0.25) is 0 Å². The second-order valence-electron chi connectivity index (χ2n) is 5.04. The molecule has 8 nitrogen and oxygen atoms in total. The van der Waals surface area contributed by atoms with Gasteiger partial charge < -0.3 is 14.2 Å². The molecular formula is C17H15N3O5. The van der Waals surface area contributed by atoms with Gasteiger partial charge in [0, 0.05) is 6.07 Å². The quantitative estimate of drug-likeness (QED) is 0.651. The molecule has 0 atom stereocenters.